The van der Waals surface area contributed by atoms with Gasteiger partial charge in [-0.2, -0.15) is 0 Å². The Morgan fingerprint density at radius 2 is 1.36 bits per heavy atom. The van der Waals surface area contributed by atoms with Gasteiger partial charge in [-0.1, -0.05) is 36.4 Å². The number of nitrogens with zero attached hydrogens (tertiary/aromatic N) is 3. The largest absolute Gasteiger partial charge is 0.336 e. The van der Waals surface area contributed by atoms with Gasteiger partial charge in [0, 0.05) is 25.2 Å². The highest BCUT2D eigenvalue weighted by atomic mass is 16.2. The van der Waals surface area contributed by atoms with Crippen LogP contribution in [0.3, 0.4) is 0 Å². The third-order valence-electron chi connectivity index (χ3n) is 5.15. The van der Waals surface area contributed by atoms with Crippen molar-refractivity contribution < 1.29 is 9.59 Å². The van der Waals surface area contributed by atoms with Crippen molar-refractivity contribution in [2.45, 2.75) is 24.9 Å². The molecule has 2 aromatic rings. The Kier molecular flexibility index (Phi) is 4.14. The van der Waals surface area contributed by atoms with Crippen LogP contribution in [0.2, 0.25) is 0 Å². The van der Waals surface area contributed by atoms with Crippen LogP contribution in [0.25, 0.3) is 0 Å². The Labute approximate surface area is 147 Å². The molecule has 2 atom stereocenters. The number of rotatable bonds is 3. The van der Waals surface area contributed by atoms with Crippen LogP contribution in [-0.2, 0) is 4.79 Å². The minimum Gasteiger partial charge on any atom is -0.336 e. The van der Waals surface area contributed by atoms with E-state index in [4.69, 9.17) is 0 Å². The lowest BCUT2D eigenvalue weighted by Crippen LogP contribution is -2.56. The van der Waals surface area contributed by atoms with Gasteiger partial charge in [-0.25, -0.2) is 4.79 Å². The Bertz CT molecular complexity index is 697. The first kappa shape index (κ1) is 15.7. The van der Waals surface area contributed by atoms with Gasteiger partial charge < -0.3 is 9.80 Å². The van der Waals surface area contributed by atoms with E-state index in [2.05, 4.69) is 0 Å². The second-order valence-electron chi connectivity index (χ2n) is 6.63. The summed E-state index contributed by atoms with van der Waals surface area (Å²) < 4.78 is 0. The van der Waals surface area contributed by atoms with Crippen molar-refractivity contribution in [3.05, 3.63) is 60.7 Å². The summed E-state index contributed by atoms with van der Waals surface area (Å²) in [6, 6.07) is 19.7. The van der Waals surface area contributed by atoms with Crippen molar-refractivity contribution in [1.29, 1.82) is 0 Å². The van der Waals surface area contributed by atoms with Gasteiger partial charge in [0.2, 0.25) is 6.41 Å². The van der Waals surface area contributed by atoms with E-state index in [0.29, 0.717) is 13.1 Å². The number of carbonyl (C=O) groups is 2. The van der Waals surface area contributed by atoms with Crippen molar-refractivity contribution in [2.75, 3.05) is 18.0 Å². The summed E-state index contributed by atoms with van der Waals surface area (Å²) in [4.78, 5) is 30.2. The molecule has 0 N–H and O–H groups in total. The predicted molar refractivity (Wildman–Crippen MR) is 96.7 cm³/mol. The zero-order valence-corrected chi connectivity index (χ0v) is 14.0. The molecule has 5 nitrogen and oxygen atoms in total. The number of amides is 3. The SMILES string of the molecule is O=CN1[C@@H]2CC[C@H]1CN(C(=O)N(c1ccccc1)c1ccccc1)C2. The van der Waals surface area contributed by atoms with Gasteiger partial charge in [0.05, 0.1) is 11.4 Å². The molecule has 0 spiro atoms. The molecule has 5 heteroatoms. The molecule has 3 amide bonds. The van der Waals surface area contributed by atoms with Gasteiger partial charge in [0.25, 0.3) is 0 Å². The highest BCUT2D eigenvalue weighted by Gasteiger charge is 2.41. The maximum atomic E-state index is 13.4. The molecule has 2 aliphatic heterocycles. The topological polar surface area (TPSA) is 43.9 Å². The van der Waals surface area contributed by atoms with Crippen molar-refractivity contribution in [3.63, 3.8) is 0 Å². The number of hydrogen-bond donors (Lipinski definition) is 0. The average Bonchev–Trinajstić information content (AvgIpc) is 2.91. The number of anilines is 2. The van der Waals surface area contributed by atoms with E-state index in [0.717, 1.165) is 30.6 Å². The first-order chi connectivity index (χ1) is 12.3. The van der Waals surface area contributed by atoms with E-state index in [1.165, 1.54) is 0 Å². The maximum Gasteiger partial charge on any atom is 0.329 e. The van der Waals surface area contributed by atoms with Gasteiger partial charge in [0.15, 0.2) is 0 Å². The van der Waals surface area contributed by atoms with Crippen LogP contribution in [0.15, 0.2) is 60.7 Å². The van der Waals surface area contributed by atoms with E-state index < -0.39 is 0 Å². The molecule has 2 fully saturated rings. The van der Waals surface area contributed by atoms with E-state index in [1.807, 2.05) is 70.5 Å². The lowest BCUT2D eigenvalue weighted by molar-refractivity contribution is -0.122. The highest BCUT2D eigenvalue weighted by molar-refractivity contribution is 5.99. The molecule has 0 radical (unpaired) electrons. The van der Waals surface area contributed by atoms with Crippen LogP contribution in [0.4, 0.5) is 16.2 Å². The third-order valence-corrected chi connectivity index (χ3v) is 5.15. The Hall–Kier alpha value is -2.82. The fraction of sp³-hybridized carbons (Fsp3) is 0.300. The Morgan fingerprint density at radius 3 is 1.80 bits per heavy atom. The quantitative estimate of drug-likeness (QED) is 0.808. The lowest BCUT2D eigenvalue weighted by atomic mass is 10.2. The molecule has 0 saturated carbocycles. The average molecular weight is 335 g/mol. The molecular weight excluding hydrogens is 314 g/mol. The van der Waals surface area contributed by atoms with E-state index in [1.54, 1.807) is 4.90 Å². The summed E-state index contributed by atoms with van der Waals surface area (Å²) in [6.07, 6.45) is 2.89. The molecule has 0 unspecified atom stereocenters. The molecule has 25 heavy (non-hydrogen) atoms. The fourth-order valence-electron chi connectivity index (χ4n) is 3.93. The first-order valence-electron chi connectivity index (χ1n) is 8.70. The smallest absolute Gasteiger partial charge is 0.329 e. The third kappa shape index (κ3) is 2.86. The predicted octanol–water partition coefficient (Wildman–Crippen LogP) is 3.25. The zero-order chi connectivity index (χ0) is 17.2. The number of urea groups is 1. The maximum absolute atomic E-state index is 13.4. The number of benzene rings is 2. The van der Waals surface area contributed by atoms with E-state index >= 15 is 0 Å². The van der Waals surface area contributed by atoms with Crippen molar-refractivity contribution in [2.24, 2.45) is 0 Å². The molecule has 2 heterocycles. The summed E-state index contributed by atoms with van der Waals surface area (Å²) in [5, 5.41) is 0. The molecule has 4 rings (SSSR count). The van der Waals surface area contributed by atoms with Gasteiger partial charge in [-0.15, -0.1) is 0 Å². The number of piperazine rings is 1. The zero-order valence-electron chi connectivity index (χ0n) is 14.0. The van der Waals surface area contributed by atoms with Crippen LogP contribution in [0, 0.1) is 0 Å². The van der Waals surface area contributed by atoms with Gasteiger partial charge in [-0.05, 0) is 37.1 Å². The summed E-state index contributed by atoms with van der Waals surface area (Å²) in [5.74, 6) is 0. The minimum absolute atomic E-state index is 0.0279. The second-order valence-corrected chi connectivity index (χ2v) is 6.63. The monoisotopic (exact) mass is 335 g/mol. The summed E-state index contributed by atoms with van der Waals surface area (Å²) in [7, 11) is 0. The second kappa shape index (κ2) is 6.59. The van der Waals surface area contributed by atoms with Crippen molar-refractivity contribution in [3.8, 4) is 0 Å². The normalized spacial score (nSPS) is 21.9. The molecule has 2 aliphatic rings. The lowest BCUT2D eigenvalue weighted by Gasteiger charge is -2.41. The first-order valence-corrected chi connectivity index (χ1v) is 8.70. The van der Waals surface area contributed by atoms with Crippen LogP contribution in [0.5, 0.6) is 0 Å². The van der Waals surface area contributed by atoms with E-state index in [-0.39, 0.29) is 18.1 Å². The Morgan fingerprint density at radius 1 is 0.880 bits per heavy atom. The molecule has 128 valence electrons. The highest BCUT2D eigenvalue weighted by Crippen LogP contribution is 2.32. The number of carbonyl (C=O) groups excluding carboxylic acids is 2. The van der Waals surface area contributed by atoms with E-state index in [9.17, 15) is 9.59 Å². The van der Waals surface area contributed by atoms with Crippen molar-refractivity contribution in [1.82, 2.24) is 9.80 Å². The van der Waals surface area contributed by atoms with Crippen LogP contribution in [-0.4, -0.2) is 47.4 Å². The number of likely N-dealkylation sites (tertiary alicyclic amines) is 1. The van der Waals surface area contributed by atoms with Crippen LogP contribution < -0.4 is 4.90 Å². The molecule has 0 aliphatic carbocycles. The van der Waals surface area contributed by atoms with Crippen LogP contribution in [0.1, 0.15) is 12.8 Å². The standard InChI is InChI=1S/C20H21N3O2/c24-15-22-18-11-12-19(22)14-21(13-18)20(25)23(16-7-3-1-4-8-16)17-9-5-2-6-10-17/h1-10,15,18-19H,11-14H2/t18-,19+. The van der Waals surface area contributed by atoms with Gasteiger partial charge in [-0.3, -0.25) is 9.69 Å². The summed E-state index contributed by atoms with van der Waals surface area (Å²) >= 11 is 0. The molecule has 2 bridgehead atoms. The molecule has 0 aromatic heterocycles. The minimum atomic E-state index is -0.0279. The summed E-state index contributed by atoms with van der Waals surface area (Å²) in [6.45, 7) is 1.20. The molecule has 2 saturated heterocycles. The Balaban J connectivity index is 1.64. The number of fused-ring (bicyclic) bond motifs is 2. The summed E-state index contributed by atoms with van der Waals surface area (Å²) in [5.41, 5.74) is 1.70. The molecule has 2 aromatic carbocycles. The van der Waals surface area contributed by atoms with Crippen LogP contribution >= 0.6 is 0 Å². The number of hydrogen-bond acceptors (Lipinski definition) is 2. The van der Waals surface area contributed by atoms with Gasteiger partial charge >= 0.3 is 6.03 Å². The number of para-hydroxylation sites is 2. The van der Waals surface area contributed by atoms with Gasteiger partial charge in [0.1, 0.15) is 0 Å². The molecular formula is C20H21N3O2. The fourth-order valence-corrected chi connectivity index (χ4v) is 3.93. The van der Waals surface area contributed by atoms with Crippen molar-refractivity contribution >= 4 is 23.8 Å².